The molecule has 0 fully saturated rings. The van der Waals surface area contributed by atoms with Crippen LogP contribution in [-0.2, 0) is 14.6 Å². The molecule has 0 bridgehead atoms. The molecule has 1 N–H and O–H groups in total. The number of ether oxygens (including phenoxy) is 1. The molecule has 21 heavy (non-hydrogen) atoms. The number of sulfone groups is 1. The number of phenols is 1. The third-order valence-electron chi connectivity index (χ3n) is 3.01. The van der Waals surface area contributed by atoms with E-state index in [0.29, 0.717) is 11.1 Å². The molecule has 0 heterocycles. The fraction of sp³-hybridized carbons (Fsp3) is 0.133. The van der Waals surface area contributed by atoms with Gasteiger partial charge >= 0.3 is 5.97 Å². The lowest BCUT2D eigenvalue weighted by molar-refractivity contribution is 0.0600. The van der Waals surface area contributed by atoms with E-state index in [2.05, 4.69) is 4.74 Å². The molecule has 0 saturated carbocycles. The van der Waals surface area contributed by atoms with Gasteiger partial charge in [-0.3, -0.25) is 0 Å². The molecular weight excluding hydrogens is 292 g/mol. The molecule has 5 nitrogen and oxygen atoms in total. The van der Waals surface area contributed by atoms with Crippen molar-refractivity contribution < 1.29 is 23.1 Å². The molecule has 0 amide bonds. The summed E-state index contributed by atoms with van der Waals surface area (Å²) in [6, 6.07) is 10.6. The number of phenolic OH excluding ortho intramolecular Hbond substituents is 1. The standard InChI is InChI=1S/C15H14O5S/c1-20-15(17)11-5-8-13(14(16)9-11)10-3-6-12(7-4-10)21(2,18)19/h3-9,16H,1-2H3. The van der Waals surface area contributed by atoms with Gasteiger partial charge in [0, 0.05) is 11.8 Å². The van der Waals surface area contributed by atoms with Crippen LogP contribution in [0.15, 0.2) is 47.4 Å². The van der Waals surface area contributed by atoms with Crippen LogP contribution in [0.2, 0.25) is 0 Å². The minimum atomic E-state index is -3.26. The average Bonchev–Trinajstić information content (AvgIpc) is 2.45. The molecule has 0 aliphatic carbocycles. The van der Waals surface area contributed by atoms with Gasteiger partial charge in [-0.15, -0.1) is 0 Å². The largest absolute Gasteiger partial charge is 0.507 e. The number of carbonyl (C=O) groups excluding carboxylic acids is 1. The van der Waals surface area contributed by atoms with Crippen LogP contribution in [0.4, 0.5) is 0 Å². The zero-order chi connectivity index (χ0) is 15.6. The lowest BCUT2D eigenvalue weighted by atomic mass is 10.0. The van der Waals surface area contributed by atoms with Gasteiger partial charge in [-0.05, 0) is 35.9 Å². The Hall–Kier alpha value is -2.34. The van der Waals surface area contributed by atoms with E-state index in [1.54, 1.807) is 18.2 Å². The summed E-state index contributed by atoms with van der Waals surface area (Å²) in [7, 11) is -2.00. The molecule has 0 spiro atoms. The van der Waals surface area contributed by atoms with Crippen molar-refractivity contribution in [3.8, 4) is 16.9 Å². The van der Waals surface area contributed by atoms with Crippen LogP contribution in [0, 0.1) is 0 Å². The minimum Gasteiger partial charge on any atom is -0.507 e. The van der Waals surface area contributed by atoms with E-state index >= 15 is 0 Å². The molecule has 0 atom stereocenters. The Morgan fingerprint density at radius 2 is 1.71 bits per heavy atom. The predicted octanol–water partition coefficient (Wildman–Crippen LogP) is 2.25. The smallest absolute Gasteiger partial charge is 0.337 e. The van der Waals surface area contributed by atoms with Crippen LogP contribution in [-0.4, -0.2) is 32.9 Å². The second kappa shape index (κ2) is 5.57. The van der Waals surface area contributed by atoms with Crippen LogP contribution in [0.25, 0.3) is 11.1 Å². The SMILES string of the molecule is COC(=O)c1ccc(-c2ccc(S(C)(=O)=O)cc2)c(O)c1. The van der Waals surface area contributed by atoms with Gasteiger partial charge in [0.2, 0.25) is 0 Å². The Kier molecular flexibility index (Phi) is 3.99. The summed E-state index contributed by atoms with van der Waals surface area (Å²) in [5, 5.41) is 9.99. The first kappa shape index (κ1) is 15.1. The highest BCUT2D eigenvalue weighted by Crippen LogP contribution is 2.30. The molecular formula is C15H14O5S. The van der Waals surface area contributed by atoms with Crippen LogP contribution < -0.4 is 0 Å². The summed E-state index contributed by atoms with van der Waals surface area (Å²) < 4.78 is 27.4. The van der Waals surface area contributed by atoms with Crippen molar-refractivity contribution in [2.45, 2.75) is 4.90 Å². The van der Waals surface area contributed by atoms with Crippen LogP contribution >= 0.6 is 0 Å². The number of benzene rings is 2. The number of rotatable bonds is 3. The van der Waals surface area contributed by atoms with E-state index in [4.69, 9.17) is 0 Å². The number of hydrogen-bond donors (Lipinski definition) is 1. The number of methoxy groups -OCH3 is 1. The zero-order valence-electron chi connectivity index (χ0n) is 11.5. The summed E-state index contributed by atoms with van der Waals surface area (Å²) in [6.07, 6.45) is 1.13. The van der Waals surface area contributed by atoms with Crippen molar-refractivity contribution in [1.82, 2.24) is 0 Å². The van der Waals surface area contributed by atoms with E-state index in [1.807, 2.05) is 0 Å². The first-order valence-electron chi connectivity index (χ1n) is 6.05. The highest BCUT2D eigenvalue weighted by molar-refractivity contribution is 7.90. The van der Waals surface area contributed by atoms with E-state index in [1.165, 1.54) is 31.4 Å². The Labute approximate surface area is 122 Å². The molecule has 2 aromatic rings. The van der Waals surface area contributed by atoms with Gasteiger partial charge in [-0.2, -0.15) is 0 Å². The lowest BCUT2D eigenvalue weighted by Gasteiger charge is -2.07. The molecule has 2 aromatic carbocycles. The summed E-state index contributed by atoms with van der Waals surface area (Å²) >= 11 is 0. The van der Waals surface area contributed by atoms with E-state index < -0.39 is 15.8 Å². The van der Waals surface area contributed by atoms with E-state index in [-0.39, 0.29) is 16.2 Å². The van der Waals surface area contributed by atoms with Gasteiger partial charge in [0.15, 0.2) is 9.84 Å². The van der Waals surface area contributed by atoms with Gasteiger partial charge in [0.25, 0.3) is 0 Å². The monoisotopic (exact) mass is 306 g/mol. The first-order valence-corrected chi connectivity index (χ1v) is 7.94. The van der Waals surface area contributed by atoms with Crippen LogP contribution in [0.1, 0.15) is 10.4 Å². The number of esters is 1. The maximum Gasteiger partial charge on any atom is 0.337 e. The molecule has 110 valence electrons. The summed E-state index contributed by atoms with van der Waals surface area (Å²) in [5.74, 6) is -0.616. The van der Waals surface area contributed by atoms with Gasteiger partial charge < -0.3 is 9.84 Å². The van der Waals surface area contributed by atoms with Crippen molar-refractivity contribution in [2.75, 3.05) is 13.4 Å². The normalized spacial score (nSPS) is 11.1. The molecule has 6 heteroatoms. The summed E-state index contributed by atoms with van der Waals surface area (Å²) in [4.78, 5) is 11.6. The average molecular weight is 306 g/mol. The maximum absolute atomic E-state index is 11.4. The fourth-order valence-corrected chi connectivity index (χ4v) is 2.53. The molecule has 0 saturated heterocycles. The molecule has 0 aliphatic rings. The topological polar surface area (TPSA) is 80.7 Å². The first-order chi connectivity index (χ1) is 9.82. The molecule has 0 radical (unpaired) electrons. The highest BCUT2D eigenvalue weighted by atomic mass is 32.2. The van der Waals surface area contributed by atoms with Crippen molar-refractivity contribution in [1.29, 1.82) is 0 Å². The van der Waals surface area contributed by atoms with Gasteiger partial charge in [-0.25, -0.2) is 13.2 Å². The minimum absolute atomic E-state index is 0.0787. The van der Waals surface area contributed by atoms with Gasteiger partial charge in [-0.1, -0.05) is 12.1 Å². The third kappa shape index (κ3) is 3.22. The van der Waals surface area contributed by atoms with E-state index in [9.17, 15) is 18.3 Å². The Bertz CT molecular complexity index is 776. The molecule has 2 rings (SSSR count). The predicted molar refractivity (Wildman–Crippen MR) is 78.0 cm³/mol. The van der Waals surface area contributed by atoms with Gasteiger partial charge in [0.05, 0.1) is 17.6 Å². The number of carbonyl (C=O) groups is 1. The highest BCUT2D eigenvalue weighted by Gasteiger charge is 2.12. The second-order valence-electron chi connectivity index (χ2n) is 4.52. The Balaban J connectivity index is 2.41. The van der Waals surface area contributed by atoms with E-state index in [0.717, 1.165) is 6.26 Å². The van der Waals surface area contributed by atoms with Crippen LogP contribution in [0.3, 0.4) is 0 Å². The van der Waals surface area contributed by atoms with Crippen molar-refractivity contribution in [3.05, 3.63) is 48.0 Å². The molecule has 0 aromatic heterocycles. The Morgan fingerprint density at radius 1 is 1.10 bits per heavy atom. The maximum atomic E-state index is 11.4. The Morgan fingerprint density at radius 3 is 2.19 bits per heavy atom. The quantitative estimate of drug-likeness (QED) is 0.880. The number of aromatic hydroxyl groups is 1. The third-order valence-corrected chi connectivity index (χ3v) is 4.14. The fourth-order valence-electron chi connectivity index (χ4n) is 1.90. The second-order valence-corrected chi connectivity index (χ2v) is 6.54. The lowest BCUT2D eigenvalue weighted by Crippen LogP contribution is -2.00. The van der Waals surface area contributed by atoms with Crippen molar-refractivity contribution in [3.63, 3.8) is 0 Å². The van der Waals surface area contributed by atoms with Crippen molar-refractivity contribution >= 4 is 15.8 Å². The molecule has 0 aliphatic heterocycles. The zero-order valence-corrected chi connectivity index (χ0v) is 12.3. The molecule has 0 unspecified atom stereocenters. The summed E-state index contributed by atoms with van der Waals surface area (Å²) in [6.45, 7) is 0. The van der Waals surface area contributed by atoms with Gasteiger partial charge in [0.1, 0.15) is 5.75 Å². The van der Waals surface area contributed by atoms with Crippen LogP contribution in [0.5, 0.6) is 5.75 Å². The van der Waals surface area contributed by atoms with Crippen molar-refractivity contribution in [2.24, 2.45) is 0 Å². The number of hydrogen-bond acceptors (Lipinski definition) is 5. The summed E-state index contributed by atoms with van der Waals surface area (Å²) in [5.41, 5.74) is 1.39.